The number of carbonyl (C=O) groups excluding carboxylic acids is 1. The average molecular weight is 196 g/mol. The fourth-order valence-corrected chi connectivity index (χ4v) is 1.16. The van der Waals surface area contributed by atoms with Crippen molar-refractivity contribution in [2.24, 2.45) is 0 Å². The fourth-order valence-electron chi connectivity index (χ4n) is 1.16. The summed E-state index contributed by atoms with van der Waals surface area (Å²) in [6.07, 6.45) is 1.05. The first-order chi connectivity index (χ1) is 6.72. The molecule has 1 aromatic carbocycles. The minimum atomic E-state index is -0.0513. The summed E-state index contributed by atoms with van der Waals surface area (Å²) >= 11 is 0. The summed E-state index contributed by atoms with van der Waals surface area (Å²) in [5, 5.41) is 9.54. The highest BCUT2D eigenvalue weighted by Crippen LogP contribution is 2.36. The van der Waals surface area contributed by atoms with E-state index in [-0.39, 0.29) is 12.2 Å². The number of rotatable bonds is 4. The molecule has 76 valence electrons. The van der Waals surface area contributed by atoms with E-state index in [0.717, 1.165) is 11.8 Å². The predicted octanol–water partition coefficient (Wildman–Crippen LogP) is 1.15. The van der Waals surface area contributed by atoms with Gasteiger partial charge in [-0.25, -0.2) is 0 Å². The highest BCUT2D eigenvalue weighted by atomic mass is 16.5. The molecule has 0 saturated heterocycles. The quantitative estimate of drug-likeness (QED) is 0.734. The van der Waals surface area contributed by atoms with E-state index in [1.54, 1.807) is 12.1 Å². The highest BCUT2D eigenvalue weighted by Gasteiger charge is 2.10. The molecule has 0 radical (unpaired) electrons. The first-order valence-electron chi connectivity index (χ1n) is 4.10. The molecule has 0 aliphatic carbocycles. The van der Waals surface area contributed by atoms with Crippen molar-refractivity contribution in [3.8, 4) is 17.2 Å². The molecule has 0 fully saturated rings. The van der Waals surface area contributed by atoms with Crippen LogP contribution < -0.4 is 9.47 Å². The van der Waals surface area contributed by atoms with Crippen molar-refractivity contribution < 1.29 is 19.4 Å². The highest BCUT2D eigenvalue weighted by molar-refractivity contribution is 5.60. The Morgan fingerprint density at radius 3 is 2.14 bits per heavy atom. The second-order valence-electron chi connectivity index (χ2n) is 2.72. The lowest BCUT2D eigenvalue weighted by atomic mass is 10.1. The van der Waals surface area contributed by atoms with Crippen LogP contribution >= 0.6 is 0 Å². The van der Waals surface area contributed by atoms with E-state index in [0.29, 0.717) is 11.5 Å². The topological polar surface area (TPSA) is 55.8 Å². The Bertz CT molecular complexity index is 308. The molecular weight excluding hydrogens is 184 g/mol. The Labute approximate surface area is 82.1 Å². The molecule has 0 atom stereocenters. The summed E-state index contributed by atoms with van der Waals surface area (Å²) in [5.41, 5.74) is 0.742. The van der Waals surface area contributed by atoms with Crippen LogP contribution in [0.15, 0.2) is 12.1 Å². The maximum Gasteiger partial charge on any atom is 0.200 e. The number of methoxy groups -OCH3 is 2. The minimum absolute atomic E-state index is 0.0513. The largest absolute Gasteiger partial charge is 0.502 e. The molecule has 0 spiro atoms. The van der Waals surface area contributed by atoms with Crippen LogP contribution in [0.2, 0.25) is 0 Å². The van der Waals surface area contributed by atoms with E-state index in [1.165, 1.54) is 14.2 Å². The SMILES string of the molecule is COc1cc(CC=O)cc(OC)c1O. The molecule has 0 saturated carbocycles. The molecule has 0 aliphatic rings. The second-order valence-corrected chi connectivity index (χ2v) is 2.72. The fraction of sp³-hybridized carbons (Fsp3) is 0.300. The molecule has 0 unspecified atom stereocenters. The lowest BCUT2D eigenvalue weighted by Gasteiger charge is -2.09. The van der Waals surface area contributed by atoms with Crippen molar-refractivity contribution in [2.45, 2.75) is 6.42 Å². The summed E-state index contributed by atoms with van der Waals surface area (Å²) in [4.78, 5) is 10.3. The number of carbonyl (C=O) groups is 1. The summed E-state index contributed by atoms with van der Waals surface area (Å²) in [5.74, 6) is 0.562. The Balaban J connectivity index is 3.17. The van der Waals surface area contributed by atoms with E-state index in [9.17, 15) is 9.90 Å². The summed E-state index contributed by atoms with van der Waals surface area (Å²) in [6, 6.07) is 3.21. The zero-order chi connectivity index (χ0) is 10.6. The van der Waals surface area contributed by atoms with E-state index in [1.807, 2.05) is 0 Å². The molecule has 1 N–H and O–H groups in total. The Hall–Kier alpha value is -1.71. The van der Waals surface area contributed by atoms with Crippen LogP contribution in [0.4, 0.5) is 0 Å². The van der Waals surface area contributed by atoms with Gasteiger partial charge in [0.15, 0.2) is 11.5 Å². The average Bonchev–Trinajstić information content (AvgIpc) is 2.20. The minimum Gasteiger partial charge on any atom is -0.502 e. The molecule has 4 heteroatoms. The van der Waals surface area contributed by atoms with Gasteiger partial charge in [0.1, 0.15) is 6.29 Å². The molecule has 0 aliphatic heterocycles. The van der Waals surface area contributed by atoms with Crippen molar-refractivity contribution in [1.29, 1.82) is 0 Å². The number of ether oxygens (including phenoxy) is 2. The van der Waals surface area contributed by atoms with Crippen LogP contribution in [-0.4, -0.2) is 25.6 Å². The number of aromatic hydroxyl groups is 1. The third kappa shape index (κ3) is 1.96. The third-order valence-electron chi connectivity index (χ3n) is 1.86. The molecule has 0 bridgehead atoms. The van der Waals surface area contributed by atoms with Gasteiger partial charge in [0.2, 0.25) is 5.75 Å². The Morgan fingerprint density at radius 1 is 1.29 bits per heavy atom. The van der Waals surface area contributed by atoms with Crippen LogP contribution in [0, 0.1) is 0 Å². The van der Waals surface area contributed by atoms with Crippen molar-refractivity contribution in [1.82, 2.24) is 0 Å². The second kappa shape index (κ2) is 4.50. The van der Waals surface area contributed by atoms with Gasteiger partial charge in [0.05, 0.1) is 14.2 Å². The number of phenolic OH excluding ortho intramolecular Hbond substituents is 1. The summed E-state index contributed by atoms with van der Waals surface area (Å²) < 4.78 is 9.86. The lowest BCUT2D eigenvalue weighted by molar-refractivity contribution is -0.107. The zero-order valence-electron chi connectivity index (χ0n) is 8.11. The van der Waals surface area contributed by atoms with Gasteiger partial charge in [-0.05, 0) is 17.7 Å². The van der Waals surface area contributed by atoms with Gasteiger partial charge in [0, 0.05) is 6.42 Å². The van der Waals surface area contributed by atoms with Gasteiger partial charge in [-0.3, -0.25) is 0 Å². The number of hydrogen-bond acceptors (Lipinski definition) is 4. The van der Waals surface area contributed by atoms with Crippen LogP contribution in [0.5, 0.6) is 17.2 Å². The third-order valence-corrected chi connectivity index (χ3v) is 1.86. The van der Waals surface area contributed by atoms with E-state index in [4.69, 9.17) is 9.47 Å². The molecular formula is C10H12O4. The molecule has 4 nitrogen and oxygen atoms in total. The number of aldehydes is 1. The molecule has 14 heavy (non-hydrogen) atoms. The first kappa shape index (κ1) is 10.4. The first-order valence-corrected chi connectivity index (χ1v) is 4.10. The molecule has 1 rings (SSSR count). The molecule has 0 amide bonds. The summed E-state index contributed by atoms with van der Waals surface area (Å²) in [6.45, 7) is 0. The van der Waals surface area contributed by atoms with E-state index < -0.39 is 0 Å². The zero-order valence-corrected chi connectivity index (χ0v) is 8.11. The van der Waals surface area contributed by atoms with Crippen molar-refractivity contribution in [3.63, 3.8) is 0 Å². The smallest absolute Gasteiger partial charge is 0.200 e. The van der Waals surface area contributed by atoms with Gasteiger partial charge in [-0.2, -0.15) is 0 Å². The van der Waals surface area contributed by atoms with Crippen LogP contribution in [0.25, 0.3) is 0 Å². The Kier molecular flexibility index (Phi) is 3.34. The van der Waals surface area contributed by atoms with E-state index >= 15 is 0 Å². The van der Waals surface area contributed by atoms with Gasteiger partial charge < -0.3 is 19.4 Å². The van der Waals surface area contributed by atoms with Gasteiger partial charge in [-0.1, -0.05) is 0 Å². The van der Waals surface area contributed by atoms with Crippen molar-refractivity contribution in [2.75, 3.05) is 14.2 Å². The maximum absolute atomic E-state index is 10.3. The number of benzene rings is 1. The molecule has 0 heterocycles. The van der Waals surface area contributed by atoms with Crippen LogP contribution in [-0.2, 0) is 11.2 Å². The van der Waals surface area contributed by atoms with E-state index in [2.05, 4.69) is 0 Å². The number of hydrogen-bond donors (Lipinski definition) is 1. The molecule has 0 aromatic heterocycles. The van der Waals surface area contributed by atoms with Crippen LogP contribution in [0.3, 0.4) is 0 Å². The van der Waals surface area contributed by atoms with Gasteiger partial charge >= 0.3 is 0 Å². The predicted molar refractivity (Wildman–Crippen MR) is 51.0 cm³/mol. The monoisotopic (exact) mass is 196 g/mol. The number of phenols is 1. The van der Waals surface area contributed by atoms with Crippen LogP contribution in [0.1, 0.15) is 5.56 Å². The maximum atomic E-state index is 10.3. The normalized spacial score (nSPS) is 9.57. The standard InChI is InChI=1S/C10H12O4/c1-13-8-5-7(3-4-11)6-9(14-2)10(8)12/h4-6,12H,3H2,1-2H3. The van der Waals surface area contributed by atoms with Gasteiger partial charge in [-0.15, -0.1) is 0 Å². The lowest BCUT2D eigenvalue weighted by Crippen LogP contribution is -1.93. The van der Waals surface area contributed by atoms with Gasteiger partial charge in [0.25, 0.3) is 0 Å². The van der Waals surface area contributed by atoms with Crippen molar-refractivity contribution >= 4 is 6.29 Å². The van der Waals surface area contributed by atoms with Crippen molar-refractivity contribution in [3.05, 3.63) is 17.7 Å². The summed E-state index contributed by atoms with van der Waals surface area (Å²) in [7, 11) is 2.89. The molecule has 1 aromatic rings. The Morgan fingerprint density at radius 2 is 1.79 bits per heavy atom.